The predicted octanol–water partition coefficient (Wildman–Crippen LogP) is 1.52. The van der Waals surface area contributed by atoms with E-state index >= 15 is 0 Å². The molecular formula is C16H21N3O2. The van der Waals surface area contributed by atoms with Crippen LogP contribution in [-0.2, 0) is 9.59 Å². The van der Waals surface area contributed by atoms with Gasteiger partial charge < -0.3 is 10.2 Å². The maximum absolute atomic E-state index is 12.3. The number of nitrogens with zero attached hydrogens (tertiary/aromatic N) is 2. The molecular weight excluding hydrogens is 266 g/mol. The van der Waals surface area contributed by atoms with E-state index < -0.39 is 0 Å². The topological polar surface area (TPSA) is 62.3 Å². The Labute approximate surface area is 124 Å². The van der Waals surface area contributed by atoms with Crippen molar-refractivity contribution in [3.63, 3.8) is 0 Å². The number of hydrogen-bond donors (Lipinski definition) is 1. The number of aromatic nitrogens is 1. The summed E-state index contributed by atoms with van der Waals surface area (Å²) in [5.41, 5.74) is 1.03. The first-order valence-electron chi connectivity index (χ1n) is 7.61. The Bertz CT molecular complexity index is 528. The van der Waals surface area contributed by atoms with Crippen LogP contribution in [0.3, 0.4) is 0 Å². The highest BCUT2D eigenvalue weighted by atomic mass is 16.2. The van der Waals surface area contributed by atoms with Crippen molar-refractivity contribution in [1.82, 2.24) is 15.2 Å². The molecule has 112 valence electrons. The van der Waals surface area contributed by atoms with E-state index in [-0.39, 0.29) is 23.8 Å². The summed E-state index contributed by atoms with van der Waals surface area (Å²) in [5.74, 6) is 0.566. The minimum absolute atomic E-state index is 0.0223. The number of hydrogen-bond acceptors (Lipinski definition) is 3. The molecule has 1 N–H and O–H groups in total. The molecule has 2 atom stereocenters. The lowest BCUT2D eigenvalue weighted by Gasteiger charge is -2.18. The first-order valence-corrected chi connectivity index (χ1v) is 7.61. The van der Waals surface area contributed by atoms with Crippen LogP contribution in [0, 0.1) is 11.8 Å². The van der Waals surface area contributed by atoms with Gasteiger partial charge in [-0.05, 0) is 43.4 Å². The molecule has 5 heteroatoms. The van der Waals surface area contributed by atoms with Gasteiger partial charge in [-0.15, -0.1) is 0 Å². The monoisotopic (exact) mass is 287 g/mol. The van der Waals surface area contributed by atoms with Crippen LogP contribution in [0.2, 0.25) is 0 Å². The van der Waals surface area contributed by atoms with Crippen molar-refractivity contribution in [2.45, 2.75) is 32.2 Å². The zero-order chi connectivity index (χ0) is 14.8. The van der Waals surface area contributed by atoms with Crippen LogP contribution in [0.5, 0.6) is 0 Å². The van der Waals surface area contributed by atoms with Crippen molar-refractivity contribution in [2.24, 2.45) is 11.8 Å². The molecule has 1 saturated carbocycles. The fraction of sp³-hybridized carbons (Fsp3) is 0.562. The zero-order valence-electron chi connectivity index (χ0n) is 12.3. The summed E-state index contributed by atoms with van der Waals surface area (Å²) >= 11 is 0. The van der Waals surface area contributed by atoms with Crippen molar-refractivity contribution >= 4 is 11.8 Å². The Hall–Kier alpha value is -1.91. The Kier molecular flexibility index (Phi) is 3.90. The molecule has 1 aliphatic carbocycles. The fourth-order valence-electron chi connectivity index (χ4n) is 2.80. The molecule has 2 amide bonds. The molecule has 0 aromatic carbocycles. The highest BCUT2D eigenvalue weighted by molar-refractivity contribution is 5.89. The molecule has 2 heterocycles. The Balaban J connectivity index is 1.54. The summed E-state index contributed by atoms with van der Waals surface area (Å²) in [6.07, 6.45) is 6.23. The van der Waals surface area contributed by atoms with E-state index in [0.29, 0.717) is 18.9 Å². The molecule has 1 aromatic heterocycles. The zero-order valence-corrected chi connectivity index (χ0v) is 12.3. The van der Waals surface area contributed by atoms with E-state index in [1.165, 1.54) is 12.8 Å². The molecule has 0 unspecified atom stereocenters. The first-order chi connectivity index (χ1) is 10.1. The number of carbonyl (C=O) groups is 2. The molecule has 0 spiro atoms. The van der Waals surface area contributed by atoms with Crippen LogP contribution >= 0.6 is 0 Å². The molecule has 5 nitrogen and oxygen atoms in total. The number of carbonyl (C=O) groups excluding carboxylic acids is 2. The van der Waals surface area contributed by atoms with Gasteiger partial charge in [0.15, 0.2) is 0 Å². The summed E-state index contributed by atoms with van der Waals surface area (Å²) in [6, 6.07) is 3.72. The summed E-state index contributed by atoms with van der Waals surface area (Å²) < 4.78 is 0. The lowest BCUT2D eigenvalue weighted by Crippen LogP contribution is -2.35. The fourth-order valence-corrected chi connectivity index (χ4v) is 2.80. The number of rotatable bonds is 5. The van der Waals surface area contributed by atoms with Crippen molar-refractivity contribution < 1.29 is 9.59 Å². The second-order valence-corrected chi connectivity index (χ2v) is 6.15. The average molecular weight is 287 g/mol. The van der Waals surface area contributed by atoms with E-state index in [9.17, 15) is 9.59 Å². The highest BCUT2D eigenvalue weighted by Crippen LogP contribution is 2.32. The largest absolute Gasteiger partial charge is 0.349 e. The van der Waals surface area contributed by atoms with Crippen molar-refractivity contribution in [1.29, 1.82) is 0 Å². The third-order valence-electron chi connectivity index (χ3n) is 4.33. The summed E-state index contributed by atoms with van der Waals surface area (Å²) in [5, 5.41) is 3.00. The molecule has 0 radical (unpaired) electrons. The van der Waals surface area contributed by atoms with E-state index in [0.717, 1.165) is 12.1 Å². The number of nitrogens with one attached hydrogen (secondary N) is 1. The summed E-state index contributed by atoms with van der Waals surface area (Å²) in [6.45, 7) is 3.36. The Morgan fingerprint density at radius 2 is 2.14 bits per heavy atom. The molecule has 1 saturated heterocycles. The first kappa shape index (κ1) is 14.0. The van der Waals surface area contributed by atoms with Gasteiger partial charge in [-0.25, -0.2) is 0 Å². The third kappa shape index (κ3) is 3.40. The van der Waals surface area contributed by atoms with E-state index in [1.54, 1.807) is 12.4 Å². The van der Waals surface area contributed by atoms with Gasteiger partial charge in [0, 0.05) is 31.9 Å². The van der Waals surface area contributed by atoms with Crippen molar-refractivity contribution in [3.05, 3.63) is 30.1 Å². The SMILES string of the molecule is C[C@@H](NC(=O)[C@H]1CC(=O)N(CC2CC2)C1)c1ccncc1. The van der Waals surface area contributed by atoms with Gasteiger partial charge in [-0.2, -0.15) is 0 Å². The second kappa shape index (κ2) is 5.84. The van der Waals surface area contributed by atoms with E-state index in [4.69, 9.17) is 0 Å². The minimum Gasteiger partial charge on any atom is -0.349 e. The summed E-state index contributed by atoms with van der Waals surface area (Å²) in [7, 11) is 0. The lowest BCUT2D eigenvalue weighted by atomic mass is 10.1. The van der Waals surface area contributed by atoms with Gasteiger partial charge in [-0.1, -0.05) is 0 Å². The van der Waals surface area contributed by atoms with Gasteiger partial charge in [-0.3, -0.25) is 14.6 Å². The van der Waals surface area contributed by atoms with Gasteiger partial charge in [0.2, 0.25) is 11.8 Å². The van der Waals surface area contributed by atoms with Crippen LogP contribution < -0.4 is 5.32 Å². The number of likely N-dealkylation sites (tertiary alicyclic amines) is 1. The average Bonchev–Trinajstić information content (AvgIpc) is 3.23. The van der Waals surface area contributed by atoms with E-state index in [2.05, 4.69) is 10.3 Å². The maximum Gasteiger partial charge on any atom is 0.225 e. The standard InChI is InChI=1S/C16H21N3O2/c1-11(13-4-6-17-7-5-13)18-16(21)14-8-15(20)19(10-14)9-12-2-3-12/h4-7,11-12,14H,2-3,8-10H2,1H3,(H,18,21)/t11-,14+/m1/s1. The number of amides is 2. The van der Waals surface area contributed by atoms with Gasteiger partial charge >= 0.3 is 0 Å². The van der Waals surface area contributed by atoms with Crippen LogP contribution in [0.4, 0.5) is 0 Å². The Morgan fingerprint density at radius 3 is 2.81 bits per heavy atom. The summed E-state index contributed by atoms with van der Waals surface area (Å²) in [4.78, 5) is 30.1. The lowest BCUT2D eigenvalue weighted by molar-refractivity contribution is -0.129. The normalized spacial score (nSPS) is 23.2. The third-order valence-corrected chi connectivity index (χ3v) is 4.33. The van der Waals surface area contributed by atoms with Gasteiger partial charge in [0.1, 0.15) is 0 Å². The van der Waals surface area contributed by atoms with Crippen molar-refractivity contribution in [2.75, 3.05) is 13.1 Å². The quantitative estimate of drug-likeness (QED) is 0.893. The van der Waals surface area contributed by atoms with Crippen LogP contribution in [0.1, 0.15) is 37.8 Å². The number of pyridine rings is 1. The minimum atomic E-state index is -0.208. The Morgan fingerprint density at radius 1 is 1.43 bits per heavy atom. The van der Waals surface area contributed by atoms with Crippen LogP contribution in [-0.4, -0.2) is 34.8 Å². The maximum atomic E-state index is 12.3. The second-order valence-electron chi connectivity index (χ2n) is 6.15. The van der Waals surface area contributed by atoms with E-state index in [1.807, 2.05) is 24.0 Å². The molecule has 1 aromatic rings. The molecule has 3 rings (SSSR count). The van der Waals surface area contributed by atoms with Gasteiger partial charge in [0.05, 0.1) is 12.0 Å². The van der Waals surface area contributed by atoms with Crippen LogP contribution in [0.25, 0.3) is 0 Å². The molecule has 1 aliphatic heterocycles. The molecule has 0 bridgehead atoms. The predicted molar refractivity (Wildman–Crippen MR) is 78.2 cm³/mol. The molecule has 21 heavy (non-hydrogen) atoms. The molecule has 2 fully saturated rings. The van der Waals surface area contributed by atoms with Gasteiger partial charge in [0.25, 0.3) is 0 Å². The highest BCUT2D eigenvalue weighted by Gasteiger charge is 2.37. The molecule has 2 aliphatic rings. The smallest absolute Gasteiger partial charge is 0.225 e. The van der Waals surface area contributed by atoms with Crippen molar-refractivity contribution in [3.8, 4) is 0 Å². The van der Waals surface area contributed by atoms with Crippen LogP contribution in [0.15, 0.2) is 24.5 Å².